The number of hydrazine groups is 1. The molecule has 0 amide bonds. The normalized spacial score (nSPS) is 9.94. The van der Waals surface area contributed by atoms with Crippen molar-refractivity contribution in [3.63, 3.8) is 0 Å². The summed E-state index contributed by atoms with van der Waals surface area (Å²) in [6.07, 6.45) is 0.723. The van der Waals surface area contributed by atoms with E-state index in [9.17, 15) is 4.79 Å². The zero-order valence-electron chi connectivity index (χ0n) is 9.18. The summed E-state index contributed by atoms with van der Waals surface area (Å²) in [5.41, 5.74) is 11.7. The summed E-state index contributed by atoms with van der Waals surface area (Å²) in [6, 6.07) is 13.2. The molecule has 0 unspecified atom stereocenters. The second kappa shape index (κ2) is 4.67. The van der Waals surface area contributed by atoms with E-state index in [4.69, 9.17) is 11.6 Å². The van der Waals surface area contributed by atoms with Crippen LogP contribution in [0.4, 0.5) is 11.4 Å². The lowest BCUT2D eigenvalue weighted by Gasteiger charge is -2.12. The predicted molar refractivity (Wildman–Crippen MR) is 69.5 cm³/mol. The van der Waals surface area contributed by atoms with Gasteiger partial charge in [0.05, 0.1) is 11.4 Å². The number of carbonyl (C=O) groups is 1. The Bertz CT molecular complexity index is 538. The van der Waals surface area contributed by atoms with E-state index in [1.165, 1.54) is 0 Å². The first-order valence-corrected chi connectivity index (χ1v) is 5.17. The van der Waals surface area contributed by atoms with E-state index < -0.39 is 0 Å². The number of benzene rings is 2. The molecular weight excluding hydrogens is 214 g/mol. The monoisotopic (exact) mass is 227 g/mol. The average molecular weight is 227 g/mol. The second-order valence-electron chi connectivity index (χ2n) is 3.62. The van der Waals surface area contributed by atoms with Gasteiger partial charge < -0.3 is 11.2 Å². The topological polar surface area (TPSA) is 81.1 Å². The molecule has 0 saturated heterocycles. The molecule has 0 atom stereocenters. The fourth-order valence-electron chi connectivity index (χ4n) is 1.77. The summed E-state index contributed by atoms with van der Waals surface area (Å²) in [5, 5.41) is 0. The number of hydrogen-bond acceptors (Lipinski definition) is 4. The molecule has 0 bridgehead atoms. The lowest BCUT2D eigenvalue weighted by Crippen LogP contribution is -2.12. The number of nitrogens with one attached hydrogen (secondary N) is 1. The molecule has 0 aliphatic rings. The molecule has 0 spiro atoms. The molecule has 2 aromatic carbocycles. The van der Waals surface area contributed by atoms with Crippen molar-refractivity contribution in [1.82, 2.24) is 0 Å². The highest BCUT2D eigenvalue weighted by Gasteiger charge is 2.10. The Hall–Kier alpha value is -2.33. The summed E-state index contributed by atoms with van der Waals surface area (Å²) in [4.78, 5) is 10.8. The molecule has 0 fully saturated rings. The first kappa shape index (κ1) is 11.2. The Morgan fingerprint density at radius 1 is 1.06 bits per heavy atom. The third kappa shape index (κ3) is 1.98. The van der Waals surface area contributed by atoms with Crippen LogP contribution in [0.2, 0.25) is 0 Å². The summed E-state index contributed by atoms with van der Waals surface area (Å²) < 4.78 is 0. The standard InChI is InChI=1S/C13H13N3O/c14-12-11(9-4-2-1-3-5-9)7-6-10(8-17)13(12)16-15/h1-8,16H,14-15H2. The van der Waals surface area contributed by atoms with E-state index >= 15 is 0 Å². The zero-order chi connectivity index (χ0) is 12.3. The quantitative estimate of drug-likeness (QED) is 0.324. The molecule has 0 aliphatic heterocycles. The molecule has 86 valence electrons. The molecule has 5 N–H and O–H groups in total. The number of hydrogen-bond donors (Lipinski definition) is 3. The van der Waals surface area contributed by atoms with Crippen LogP contribution in [-0.2, 0) is 0 Å². The van der Waals surface area contributed by atoms with Crippen molar-refractivity contribution < 1.29 is 4.79 Å². The molecule has 4 heteroatoms. The highest BCUT2D eigenvalue weighted by atomic mass is 16.1. The molecule has 0 aliphatic carbocycles. The van der Waals surface area contributed by atoms with Gasteiger partial charge in [0.15, 0.2) is 6.29 Å². The maximum atomic E-state index is 10.8. The SMILES string of the molecule is NNc1c(C=O)ccc(-c2ccccc2)c1N. The molecule has 0 heterocycles. The van der Waals surface area contributed by atoms with Gasteiger partial charge in [-0.25, -0.2) is 0 Å². The third-order valence-electron chi connectivity index (χ3n) is 2.63. The van der Waals surface area contributed by atoms with Gasteiger partial charge in [0.25, 0.3) is 0 Å². The van der Waals surface area contributed by atoms with Crippen molar-refractivity contribution in [3.05, 3.63) is 48.0 Å². The molecule has 2 rings (SSSR count). The maximum absolute atomic E-state index is 10.8. The Kier molecular flexibility index (Phi) is 3.07. The van der Waals surface area contributed by atoms with Gasteiger partial charge >= 0.3 is 0 Å². The number of rotatable bonds is 3. The second-order valence-corrected chi connectivity index (χ2v) is 3.62. The summed E-state index contributed by atoms with van der Waals surface area (Å²) in [5.74, 6) is 5.39. The zero-order valence-corrected chi connectivity index (χ0v) is 9.18. The van der Waals surface area contributed by atoms with Gasteiger partial charge in [0, 0.05) is 11.1 Å². The average Bonchev–Trinajstić information content (AvgIpc) is 2.39. The van der Waals surface area contributed by atoms with Crippen LogP contribution >= 0.6 is 0 Å². The van der Waals surface area contributed by atoms with Gasteiger partial charge in [0.1, 0.15) is 0 Å². The van der Waals surface area contributed by atoms with E-state index in [0.717, 1.165) is 17.4 Å². The van der Waals surface area contributed by atoms with Gasteiger partial charge in [-0.1, -0.05) is 36.4 Å². The van der Waals surface area contributed by atoms with E-state index in [-0.39, 0.29) is 0 Å². The van der Waals surface area contributed by atoms with Crippen molar-refractivity contribution in [2.24, 2.45) is 5.84 Å². The van der Waals surface area contributed by atoms with Crippen molar-refractivity contribution in [2.45, 2.75) is 0 Å². The molecule has 17 heavy (non-hydrogen) atoms. The fourth-order valence-corrected chi connectivity index (χ4v) is 1.77. The van der Waals surface area contributed by atoms with Crippen LogP contribution in [0.1, 0.15) is 10.4 Å². The van der Waals surface area contributed by atoms with Gasteiger partial charge in [-0.15, -0.1) is 0 Å². The van der Waals surface area contributed by atoms with Gasteiger partial charge in [-0.2, -0.15) is 0 Å². The number of nitrogens with two attached hydrogens (primary N) is 2. The van der Waals surface area contributed by atoms with Crippen LogP contribution in [0.15, 0.2) is 42.5 Å². The van der Waals surface area contributed by atoms with Crippen LogP contribution in [-0.4, -0.2) is 6.29 Å². The van der Waals surface area contributed by atoms with Crippen molar-refractivity contribution in [3.8, 4) is 11.1 Å². The molecule has 0 saturated carbocycles. The predicted octanol–water partition coefficient (Wildman–Crippen LogP) is 2.03. The number of anilines is 2. The molecule has 2 aromatic rings. The highest BCUT2D eigenvalue weighted by Crippen LogP contribution is 2.33. The summed E-state index contributed by atoms with van der Waals surface area (Å²) >= 11 is 0. The minimum atomic E-state index is 0.449. The van der Waals surface area contributed by atoms with E-state index in [1.54, 1.807) is 6.07 Å². The minimum absolute atomic E-state index is 0.449. The highest BCUT2D eigenvalue weighted by molar-refractivity contribution is 5.95. The Labute approximate surface area is 99.2 Å². The molecular formula is C13H13N3O. The lowest BCUT2D eigenvalue weighted by atomic mass is 10.0. The van der Waals surface area contributed by atoms with Crippen molar-refractivity contribution in [1.29, 1.82) is 0 Å². The Morgan fingerprint density at radius 2 is 1.76 bits per heavy atom. The molecule has 4 nitrogen and oxygen atoms in total. The largest absolute Gasteiger partial charge is 0.396 e. The van der Waals surface area contributed by atoms with Crippen LogP contribution in [0.5, 0.6) is 0 Å². The molecule has 0 aromatic heterocycles. The number of aldehydes is 1. The van der Waals surface area contributed by atoms with Crippen LogP contribution in [0.25, 0.3) is 11.1 Å². The summed E-state index contributed by atoms with van der Waals surface area (Å²) in [7, 11) is 0. The van der Waals surface area contributed by atoms with Crippen LogP contribution < -0.4 is 17.0 Å². The van der Waals surface area contributed by atoms with Crippen molar-refractivity contribution >= 4 is 17.7 Å². The molecule has 0 radical (unpaired) electrons. The Balaban J connectivity index is 2.61. The Morgan fingerprint density at radius 3 is 2.35 bits per heavy atom. The van der Waals surface area contributed by atoms with Gasteiger partial charge in [-0.3, -0.25) is 10.6 Å². The van der Waals surface area contributed by atoms with E-state index in [1.807, 2.05) is 36.4 Å². The van der Waals surface area contributed by atoms with Crippen LogP contribution in [0, 0.1) is 0 Å². The summed E-state index contributed by atoms with van der Waals surface area (Å²) in [6.45, 7) is 0. The van der Waals surface area contributed by atoms with E-state index in [2.05, 4.69) is 5.43 Å². The lowest BCUT2D eigenvalue weighted by molar-refractivity contribution is 0.112. The first-order chi connectivity index (χ1) is 8.27. The number of nitrogen functional groups attached to an aromatic ring is 2. The number of carbonyl (C=O) groups excluding carboxylic acids is 1. The first-order valence-electron chi connectivity index (χ1n) is 5.17. The van der Waals surface area contributed by atoms with Gasteiger partial charge in [-0.05, 0) is 11.6 Å². The minimum Gasteiger partial charge on any atom is -0.396 e. The smallest absolute Gasteiger partial charge is 0.152 e. The maximum Gasteiger partial charge on any atom is 0.152 e. The van der Waals surface area contributed by atoms with E-state index in [0.29, 0.717) is 16.9 Å². The van der Waals surface area contributed by atoms with Gasteiger partial charge in [0.2, 0.25) is 0 Å². The third-order valence-corrected chi connectivity index (χ3v) is 2.63. The fraction of sp³-hybridized carbons (Fsp3) is 0. The van der Waals surface area contributed by atoms with Crippen LogP contribution in [0.3, 0.4) is 0 Å². The van der Waals surface area contributed by atoms with Crippen molar-refractivity contribution in [2.75, 3.05) is 11.2 Å².